The molecule has 1 heterocycles. The summed E-state index contributed by atoms with van der Waals surface area (Å²) in [7, 11) is -3.98. The van der Waals surface area contributed by atoms with Crippen molar-refractivity contribution in [1.82, 2.24) is 4.72 Å². The third kappa shape index (κ3) is 4.60. The van der Waals surface area contributed by atoms with E-state index in [1.165, 1.54) is 18.2 Å². The van der Waals surface area contributed by atoms with Gasteiger partial charge < -0.3 is 9.47 Å². The smallest absolute Gasteiger partial charge is 0.347 e. The lowest BCUT2D eigenvalue weighted by Gasteiger charge is -2.11. The Bertz CT molecular complexity index is 731. The summed E-state index contributed by atoms with van der Waals surface area (Å²) in [6, 6.07) is 4.30. The predicted molar refractivity (Wildman–Crippen MR) is 86.3 cm³/mol. The molecule has 1 aliphatic heterocycles. The van der Waals surface area contributed by atoms with Crippen molar-refractivity contribution in [3.8, 4) is 0 Å². The van der Waals surface area contributed by atoms with Crippen LogP contribution in [0.3, 0.4) is 0 Å². The number of carbonyl (C=O) groups is 2. The van der Waals surface area contributed by atoms with Crippen LogP contribution in [-0.4, -0.2) is 39.1 Å². The van der Waals surface area contributed by atoms with Crippen LogP contribution in [0.1, 0.15) is 19.8 Å². The van der Waals surface area contributed by atoms with E-state index in [4.69, 9.17) is 32.7 Å². The van der Waals surface area contributed by atoms with E-state index in [1.807, 2.05) is 0 Å². The SMILES string of the molecule is CC1CC(OC(=O)CCNS(=O)(=O)c2c(Cl)cccc2Cl)C(=O)O1. The van der Waals surface area contributed by atoms with Crippen LogP contribution in [0.25, 0.3) is 0 Å². The van der Waals surface area contributed by atoms with Crippen molar-refractivity contribution in [3.05, 3.63) is 28.2 Å². The molecule has 0 radical (unpaired) electrons. The third-order valence-corrected chi connectivity index (χ3v) is 5.62. The quantitative estimate of drug-likeness (QED) is 0.738. The van der Waals surface area contributed by atoms with E-state index in [2.05, 4.69) is 4.72 Å². The normalized spacial score (nSPS) is 20.7. The van der Waals surface area contributed by atoms with E-state index < -0.39 is 28.1 Å². The number of benzene rings is 1. The molecule has 1 fully saturated rings. The zero-order valence-electron chi connectivity index (χ0n) is 12.6. The molecule has 0 saturated carbocycles. The first-order chi connectivity index (χ1) is 11.2. The minimum Gasteiger partial charge on any atom is -0.460 e. The second-order valence-corrected chi connectivity index (χ2v) is 7.68. The molecular weight excluding hydrogens is 381 g/mol. The van der Waals surface area contributed by atoms with Crippen LogP contribution in [0.4, 0.5) is 0 Å². The van der Waals surface area contributed by atoms with Gasteiger partial charge in [-0.05, 0) is 19.1 Å². The topological polar surface area (TPSA) is 98.8 Å². The molecule has 2 rings (SSSR count). The summed E-state index contributed by atoms with van der Waals surface area (Å²) in [4.78, 5) is 22.8. The molecule has 1 aromatic carbocycles. The fraction of sp³-hybridized carbons (Fsp3) is 0.429. The van der Waals surface area contributed by atoms with Crippen molar-refractivity contribution in [3.63, 3.8) is 0 Å². The van der Waals surface area contributed by atoms with Gasteiger partial charge in [0, 0.05) is 13.0 Å². The van der Waals surface area contributed by atoms with Crippen LogP contribution in [0.15, 0.2) is 23.1 Å². The molecule has 7 nitrogen and oxygen atoms in total. The Labute approximate surface area is 149 Å². The summed E-state index contributed by atoms with van der Waals surface area (Å²) in [6.45, 7) is 1.47. The summed E-state index contributed by atoms with van der Waals surface area (Å²) >= 11 is 11.7. The highest BCUT2D eigenvalue weighted by atomic mass is 35.5. The van der Waals surface area contributed by atoms with Crippen molar-refractivity contribution in [1.29, 1.82) is 0 Å². The van der Waals surface area contributed by atoms with Crippen LogP contribution in [0.2, 0.25) is 10.0 Å². The molecule has 10 heteroatoms. The van der Waals surface area contributed by atoms with Crippen molar-refractivity contribution in [2.24, 2.45) is 0 Å². The van der Waals surface area contributed by atoms with Gasteiger partial charge in [-0.1, -0.05) is 29.3 Å². The zero-order chi connectivity index (χ0) is 17.9. The van der Waals surface area contributed by atoms with Gasteiger partial charge in [-0.3, -0.25) is 4.79 Å². The predicted octanol–water partition coefficient (Wildman–Crippen LogP) is 1.91. The van der Waals surface area contributed by atoms with Crippen molar-refractivity contribution < 1.29 is 27.5 Å². The van der Waals surface area contributed by atoms with Gasteiger partial charge in [-0.2, -0.15) is 0 Å². The van der Waals surface area contributed by atoms with Crippen LogP contribution < -0.4 is 4.72 Å². The maximum atomic E-state index is 12.2. The van der Waals surface area contributed by atoms with E-state index in [0.717, 1.165) is 0 Å². The van der Waals surface area contributed by atoms with Crippen molar-refractivity contribution in [2.75, 3.05) is 6.54 Å². The van der Waals surface area contributed by atoms with Gasteiger partial charge in [-0.15, -0.1) is 0 Å². The minimum atomic E-state index is -3.98. The second kappa shape index (κ2) is 7.69. The Kier molecular flexibility index (Phi) is 6.08. The molecule has 0 bridgehead atoms. The number of ether oxygens (including phenoxy) is 2. The standard InChI is InChI=1S/C14H15Cl2NO6S/c1-8-7-11(14(19)22-8)23-12(18)5-6-17-24(20,21)13-9(15)3-2-4-10(13)16/h2-4,8,11,17H,5-7H2,1H3. The van der Waals surface area contributed by atoms with Crippen LogP contribution >= 0.6 is 23.2 Å². The highest BCUT2D eigenvalue weighted by molar-refractivity contribution is 7.89. The van der Waals surface area contributed by atoms with E-state index in [-0.39, 0.29) is 40.4 Å². The number of hydrogen-bond donors (Lipinski definition) is 1. The van der Waals surface area contributed by atoms with E-state index in [0.29, 0.717) is 0 Å². The molecule has 0 aromatic heterocycles. The lowest BCUT2D eigenvalue weighted by Crippen LogP contribution is -2.29. The molecule has 2 unspecified atom stereocenters. The molecule has 1 aromatic rings. The second-order valence-electron chi connectivity index (χ2n) is 5.16. The lowest BCUT2D eigenvalue weighted by atomic mass is 10.2. The maximum Gasteiger partial charge on any atom is 0.347 e. The number of nitrogens with one attached hydrogen (secondary N) is 1. The Balaban J connectivity index is 1.89. The highest BCUT2D eigenvalue weighted by Gasteiger charge is 2.34. The first-order valence-corrected chi connectivity index (χ1v) is 9.28. The number of hydrogen-bond acceptors (Lipinski definition) is 6. The largest absolute Gasteiger partial charge is 0.460 e. The number of cyclic esters (lactones) is 1. The first-order valence-electron chi connectivity index (χ1n) is 7.04. The van der Waals surface area contributed by atoms with Gasteiger partial charge in [0.15, 0.2) is 0 Å². The van der Waals surface area contributed by atoms with Crippen LogP contribution in [-0.2, 0) is 29.1 Å². The van der Waals surface area contributed by atoms with Gasteiger partial charge >= 0.3 is 11.9 Å². The maximum absolute atomic E-state index is 12.2. The molecule has 1 aliphatic rings. The molecule has 0 amide bonds. The average molecular weight is 396 g/mol. The fourth-order valence-electron chi connectivity index (χ4n) is 2.13. The summed E-state index contributed by atoms with van der Waals surface area (Å²) < 4.78 is 36.4. The summed E-state index contributed by atoms with van der Waals surface area (Å²) in [5.41, 5.74) is 0. The van der Waals surface area contributed by atoms with Crippen molar-refractivity contribution >= 4 is 45.2 Å². The Morgan fingerprint density at radius 1 is 1.38 bits per heavy atom. The Hall–Kier alpha value is -1.35. The molecule has 132 valence electrons. The third-order valence-electron chi connectivity index (χ3n) is 3.21. The monoisotopic (exact) mass is 395 g/mol. The number of carbonyl (C=O) groups excluding carboxylic acids is 2. The molecule has 2 atom stereocenters. The Morgan fingerprint density at radius 3 is 2.54 bits per heavy atom. The summed E-state index contributed by atoms with van der Waals surface area (Å²) in [6.07, 6.45) is -1.22. The average Bonchev–Trinajstić information content (AvgIpc) is 2.76. The van der Waals surface area contributed by atoms with Crippen molar-refractivity contribution in [2.45, 2.75) is 36.9 Å². The highest BCUT2D eigenvalue weighted by Crippen LogP contribution is 2.28. The molecule has 1 saturated heterocycles. The van der Waals surface area contributed by atoms with Gasteiger partial charge in [0.2, 0.25) is 16.1 Å². The molecule has 0 aliphatic carbocycles. The number of rotatable bonds is 6. The number of halogens is 2. The van der Waals surface area contributed by atoms with E-state index in [1.54, 1.807) is 6.92 Å². The van der Waals surface area contributed by atoms with Crippen LogP contribution in [0, 0.1) is 0 Å². The van der Waals surface area contributed by atoms with E-state index >= 15 is 0 Å². The molecule has 24 heavy (non-hydrogen) atoms. The summed E-state index contributed by atoms with van der Waals surface area (Å²) in [5.74, 6) is -1.31. The van der Waals surface area contributed by atoms with Gasteiger partial charge in [0.05, 0.1) is 16.5 Å². The number of esters is 2. The summed E-state index contributed by atoms with van der Waals surface area (Å²) in [5, 5.41) is -0.0551. The zero-order valence-corrected chi connectivity index (χ0v) is 15.0. The molecule has 1 N–H and O–H groups in total. The van der Waals surface area contributed by atoms with E-state index in [9.17, 15) is 18.0 Å². The van der Waals surface area contributed by atoms with Gasteiger partial charge in [-0.25, -0.2) is 17.9 Å². The lowest BCUT2D eigenvalue weighted by molar-refractivity contribution is -0.160. The van der Waals surface area contributed by atoms with Gasteiger partial charge in [0.1, 0.15) is 11.0 Å². The van der Waals surface area contributed by atoms with Gasteiger partial charge in [0.25, 0.3) is 0 Å². The molecule has 0 spiro atoms. The fourth-order valence-corrected chi connectivity index (χ4v) is 4.30. The number of sulfonamides is 1. The minimum absolute atomic E-state index is 0.0275. The first kappa shape index (κ1) is 19.0. The molecular formula is C14H15Cl2NO6S. The van der Waals surface area contributed by atoms with Crippen LogP contribution in [0.5, 0.6) is 0 Å². The Morgan fingerprint density at radius 2 is 2.00 bits per heavy atom.